The second kappa shape index (κ2) is 10.5. The van der Waals surface area contributed by atoms with Gasteiger partial charge in [-0.3, -0.25) is 9.69 Å². The topological polar surface area (TPSA) is 83.7 Å². The number of allylic oxidation sites excluding steroid dienone is 1. The number of aromatic nitrogens is 1. The number of ketones is 1. The summed E-state index contributed by atoms with van der Waals surface area (Å²) in [4.78, 5) is 22.7. The number of rotatable bonds is 7. The number of carbonyl (C=O) groups is 1. The van der Waals surface area contributed by atoms with Gasteiger partial charge in [0.2, 0.25) is 5.78 Å². The first-order valence-electron chi connectivity index (χ1n) is 12.3. The molecule has 1 atom stereocenters. The number of nitrogens with zero attached hydrogens (tertiary/aromatic N) is 3. The maximum atomic E-state index is 14.0. The summed E-state index contributed by atoms with van der Waals surface area (Å²) in [5, 5.41) is 3.82. The number of hydrogen-bond acceptors (Lipinski definition) is 8. The highest BCUT2D eigenvalue weighted by molar-refractivity contribution is 7.18. The Morgan fingerprint density at radius 1 is 1.20 bits per heavy atom. The molecule has 1 aromatic heterocycles. The number of nitrogen functional groups attached to an aromatic ring is 1. The minimum absolute atomic E-state index is 0.0893. The zero-order chi connectivity index (χ0) is 24.4. The second-order valence-electron chi connectivity index (χ2n) is 9.37. The van der Waals surface area contributed by atoms with E-state index in [-0.39, 0.29) is 27.8 Å². The summed E-state index contributed by atoms with van der Waals surface area (Å²) >= 11 is 1.17. The molecule has 3 N–H and O–H groups in total. The molecule has 2 aromatic rings. The number of ether oxygens (including phenoxy) is 1. The predicted octanol–water partition coefficient (Wildman–Crippen LogP) is 4.29. The third kappa shape index (κ3) is 5.27. The Kier molecular flexibility index (Phi) is 7.17. The summed E-state index contributed by atoms with van der Waals surface area (Å²) in [7, 11) is 1.38. The van der Waals surface area contributed by atoms with Gasteiger partial charge in [0, 0.05) is 36.4 Å². The molecule has 0 spiro atoms. The van der Waals surface area contributed by atoms with Crippen molar-refractivity contribution in [2.45, 2.75) is 44.2 Å². The van der Waals surface area contributed by atoms with Crippen molar-refractivity contribution < 1.29 is 13.9 Å². The van der Waals surface area contributed by atoms with Gasteiger partial charge < -0.3 is 20.7 Å². The Morgan fingerprint density at radius 2 is 1.97 bits per heavy atom. The molecule has 3 aliphatic rings. The summed E-state index contributed by atoms with van der Waals surface area (Å²) < 4.78 is 19.0. The number of nitrogens with two attached hydrogens (primary N) is 1. The van der Waals surface area contributed by atoms with Crippen molar-refractivity contribution in [1.82, 2.24) is 14.8 Å². The van der Waals surface area contributed by atoms with Gasteiger partial charge in [0.1, 0.15) is 10.7 Å². The number of halogens is 1. The zero-order valence-electron chi connectivity index (χ0n) is 20.0. The lowest BCUT2D eigenvalue weighted by atomic mass is 9.98. The number of benzene rings is 1. The Labute approximate surface area is 209 Å². The third-order valence-electron chi connectivity index (χ3n) is 7.23. The summed E-state index contributed by atoms with van der Waals surface area (Å²) in [6.45, 7) is 4.84. The van der Waals surface area contributed by atoms with Crippen LogP contribution in [0.2, 0.25) is 0 Å². The highest BCUT2D eigenvalue weighted by atomic mass is 32.1. The summed E-state index contributed by atoms with van der Waals surface area (Å²) in [5.41, 5.74) is 7.18. The number of carbonyl (C=O) groups excluding carboxylic acids is 1. The summed E-state index contributed by atoms with van der Waals surface area (Å²) in [6, 6.07) is 5.30. The van der Waals surface area contributed by atoms with E-state index < -0.39 is 5.82 Å². The first-order valence-corrected chi connectivity index (χ1v) is 13.1. The standard InChI is InChI=1S/C26H32FN5O2S/c1-34-22-9-4-17(16-21(22)27)23(33)24-25(28)30-26(35-24)29-18-5-7-19(8-6-18)32-14-10-20(11-15-32)31-12-2-3-13-31/h4-7,9,16,19-20H,2-3,8,10-15,28H2,1H3,(H,29,30). The summed E-state index contributed by atoms with van der Waals surface area (Å²) in [6.07, 6.45) is 12.7. The van der Waals surface area contributed by atoms with Crippen molar-refractivity contribution in [3.05, 3.63) is 58.4 Å². The molecule has 35 heavy (non-hydrogen) atoms. The van der Waals surface area contributed by atoms with E-state index in [0.717, 1.165) is 37.3 Å². The lowest BCUT2D eigenvalue weighted by Crippen LogP contribution is -2.47. The molecule has 3 heterocycles. The molecule has 9 heteroatoms. The fourth-order valence-corrected chi connectivity index (χ4v) is 6.14. The van der Waals surface area contributed by atoms with Crippen LogP contribution in [0, 0.1) is 5.82 Å². The lowest BCUT2D eigenvalue weighted by molar-refractivity contribution is 0.104. The maximum Gasteiger partial charge on any atom is 0.206 e. The molecule has 2 fully saturated rings. The van der Waals surface area contributed by atoms with E-state index in [4.69, 9.17) is 10.5 Å². The van der Waals surface area contributed by atoms with Gasteiger partial charge in [-0.1, -0.05) is 23.5 Å². The highest BCUT2D eigenvalue weighted by Crippen LogP contribution is 2.31. The molecule has 0 radical (unpaired) electrons. The van der Waals surface area contributed by atoms with Crippen LogP contribution in [-0.2, 0) is 0 Å². The quantitative estimate of drug-likeness (QED) is 0.552. The van der Waals surface area contributed by atoms with Crippen LogP contribution in [0.15, 0.2) is 42.1 Å². The van der Waals surface area contributed by atoms with Crippen molar-refractivity contribution >= 4 is 28.1 Å². The molecule has 0 saturated carbocycles. The molecular weight excluding hydrogens is 465 g/mol. The SMILES string of the molecule is COc1ccc(C(=O)c2sc(NC3=CCC(N4CCC(N5CCCC5)CC4)C=C3)nc2N)cc1F. The molecule has 5 rings (SSSR count). The summed E-state index contributed by atoms with van der Waals surface area (Å²) in [5.74, 6) is -0.725. The fourth-order valence-electron chi connectivity index (χ4n) is 5.27. The molecule has 186 valence electrons. The largest absolute Gasteiger partial charge is 0.494 e. The van der Waals surface area contributed by atoms with Gasteiger partial charge in [0.05, 0.1) is 7.11 Å². The van der Waals surface area contributed by atoms with Crippen LogP contribution in [0.1, 0.15) is 47.3 Å². The van der Waals surface area contributed by atoms with Crippen molar-refractivity contribution in [2.75, 3.05) is 44.3 Å². The lowest BCUT2D eigenvalue weighted by Gasteiger charge is -2.40. The van der Waals surface area contributed by atoms with Gasteiger partial charge in [-0.15, -0.1) is 0 Å². The van der Waals surface area contributed by atoms with Crippen molar-refractivity contribution in [2.24, 2.45) is 0 Å². The van der Waals surface area contributed by atoms with E-state index in [0.29, 0.717) is 11.2 Å². The van der Waals surface area contributed by atoms with Gasteiger partial charge in [-0.25, -0.2) is 9.37 Å². The van der Waals surface area contributed by atoms with Gasteiger partial charge in [0.25, 0.3) is 0 Å². The Hall–Kier alpha value is -2.75. The minimum atomic E-state index is -0.591. The predicted molar refractivity (Wildman–Crippen MR) is 138 cm³/mol. The van der Waals surface area contributed by atoms with Gasteiger partial charge in [-0.2, -0.15) is 0 Å². The van der Waals surface area contributed by atoms with Crippen molar-refractivity contribution in [3.8, 4) is 5.75 Å². The van der Waals surface area contributed by atoms with E-state index in [1.807, 2.05) is 0 Å². The molecule has 0 amide bonds. The molecule has 1 unspecified atom stereocenters. The Balaban J connectivity index is 1.17. The maximum absolute atomic E-state index is 14.0. The van der Waals surface area contributed by atoms with Crippen LogP contribution >= 0.6 is 11.3 Å². The van der Waals surface area contributed by atoms with Gasteiger partial charge >= 0.3 is 0 Å². The highest BCUT2D eigenvalue weighted by Gasteiger charge is 2.29. The van der Waals surface area contributed by atoms with Crippen LogP contribution in [-0.4, -0.2) is 65.9 Å². The third-order valence-corrected chi connectivity index (χ3v) is 8.21. The van der Waals surface area contributed by atoms with E-state index in [2.05, 4.69) is 38.3 Å². The van der Waals surface area contributed by atoms with Crippen molar-refractivity contribution in [1.29, 1.82) is 0 Å². The average molecular weight is 498 g/mol. The van der Waals surface area contributed by atoms with E-state index >= 15 is 0 Å². The molecule has 0 bridgehead atoms. The van der Waals surface area contributed by atoms with Crippen LogP contribution in [0.25, 0.3) is 0 Å². The van der Waals surface area contributed by atoms with E-state index in [9.17, 15) is 9.18 Å². The minimum Gasteiger partial charge on any atom is -0.494 e. The van der Waals surface area contributed by atoms with Crippen LogP contribution in [0.4, 0.5) is 15.3 Å². The van der Waals surface area contributed by atoms with Crippen LogP contribution in [0.5, 0.6) is 5.75 Å². The van der Waals surface area contributed by atoms with Gasteiger partial charge in [-0.05, 0) is 69.5 Å². The number of thiazole rings is 1. The van der Waals surface area contributed by atoms with Gasteiger partial charge in [0.15, 0.2) is 16.7 Å². The van der Waals surface area contributed by atoms with Crippen molar-refractivity contribution in [3.63, 3.8) is 0 Å². The van der Waals surface area contributed by atoms with Crippen LogP contribution < -0.4 is 15.8 Å². The zero-order valence-corrected chi connectivity index (χ0v) is 20.8. The molecule has 2 aliphatic heterocycles. The number of likely N-dealkylation sites (tertiary alicyclic amines) is 2. The van der Waals surface area contributed by atoms with E-state index in [1.54, 1.807) is 0 Å². The molecular formula is C26H32FN5O2S. The number of nitrogens with one attached hydrogen (secondary N) is 1. The Morgan fingerprint density at radius 3 is 2.63 bits per heavy atom. The average Bonchev–Trinajstić information content (AvgIpc) is 3.54. The van der Waals surface area contributed by atoms with Crippen LogP contribution in [0.3, 0.4) is 0 Å². The normalized spacial score (nSPS) is 21.8. The smallest absolute Gasteiger partial charge is 0.206 e. The fraction of sp³-hybridized carbons (Fsp3) is 0.462. The molecule has 1 aliphatic carbocycles. The molecule has 7 nitrogen and oxygen atoms in total. The monoisotopic (exact) mass is 497 g/mol. The number of piperidine rings is 1. The van der Waals surface area contributed by atoms with E-state index in [1.165, 1.54) is 69.4 Å². The Bertz CT molecular complexity index is 1130. The number of methoxy groups -OCH3 is 1. The number of anilines is 2. The number of hydrogen-bond donors (Lipinski definition) is 2. The first kappa shape index (κ1) is 24.0. The second-order valence-corrected chi connectivity index (χ2v) is 10.4. The molecule has 2 saturated heterocycles. The molecule has 1 aromatic carbocycles. The first-order chi connectivity index (χ1) is 17.0.